The van der Waals surface area contributed by atoms with E-state index in [-0.39, 0.29) is 23.5 Å². The number of carbonyl (C=O) groups excluding carboxylic acids is 3. The highest BCUT2D eigenvalue weighted by atomic mass is 16.6. The Morgan fingerprint density at radius 3 is 2.61 bits per heavy atom. The van der Waals surface area contributed by atoms with Crippen LogP contribution < -0.4 is 0 Å². The van der Waals surface area contributed by atoms with E-state index >= 15 is 0 Å². The lowest BCUT2D eigenvalue weighted by Crippen LogP contribution is -2.51. The van der Waals surface area contributed by atoms with Crippen LogP contribution in [0.2, 0.25) is 0 Å². The first-order chi connectivity index (χ1) is 13.2. The van der Waals surface area contributed by atoms with Crippen molar-refractivity contribution in [3.05, 3.63) is 11.6 Å². The molecule has 3 saturated carbocycles. The monoisotopic (exact) mass is 388 g/mol. The Morgan fingerprint density at radius 2 is 1.86 bits per heavy atom. The van der Waals surface area contributed by atoms with E-state index < -0.39 is 11.9 Å². The third kappa shape index (κ3) is 3.11. The van der Waals surface area contributed by atoms with E-state index in [0.717, 1.165) is 44.9 Å². The second kappa shape index (κ2) is 7.00. The number of hydrogen-bond donors (Lipinski definition) is 0. The first-order valence-corrected chi connectivity index (χ1v) is 10.8. The Bertz CT molecular complexity index is 725. The maximum atomic E-state index is 12.1. The molecule has 0 unspecified atom stereocenters. The molecule has 3 fully saturated rings. The van der Waals surface area contributed by atoms with Crippen LogP contribution >= 0.6 is 0 Å². The van der Waals surface area contributed by atoms with Gasteiger partial charge in [0, 0.05) is 18.8 Å². The van der Waals surface area contributed by atoms with Crippen molar-refractivity contribution in [2.75, 3.05) is 6.61 Å². The number of allylic oxidation sites excluding steroid dienone is 1. The van der Waals surface area contributed by atoms with E-state index in [1.54, 1.807) is 0 Å². The predicted octanol–water partition coefficient (Wildman–Crippen LogP) is 3.99. The summed E-state index contributed by atoms with van der Waals surface area (Å²) in [6.07, 6.45) is 9.90. The van der Waals surface area contributed by atoms with Gasteiger partial charge in [-0.25, -0.2) is 4.79 Å². The second-order valence-electron chi connectivity index (χ2n) is 9.85. The van der Waals surface area contributed by atoms with Crippen LogP contribution in [0.25, 0.3) is 0 Å². The molecule has 0 N–H and O–H groups in total. The van der Waals surface area contributed by atoms with E-state index in [1.165, 1.54) is 12.5 Å². The van der Waals surface area contributed by atoms with Crippen LogP contribution in [0.1, 0.15) is 72.1 Å². The summed E-state index contributed by atoms with van der Waals surface area (Å²) in [5, 5.41) is 0. The number of ether oxygens (including phenoxy) is 2. The zero-order valence-electron chi connectivity index (χ0n) is 17.3. The Kier molecular flexibility index (Phi) is 4.91. The van der Waals surface area contributed by atoms with Crippen LogP contribution in [-0.2, 0) is 23.9 Å². The third-order valence-electron chi connectivity index (χ3n) is 8.54. The van der Waals surface area contributed by atoms with Crippen molar-refractivity contribution in [2.24, 2.45) is 28.6 Å². The molecule has 0 saturated heterocycles. The molecule has 5 nitrogen and oxygen atoms in total. The summed E-state index contributed by atoms with van der Waals surface area (Å²) in [7, 11) is 0. The van der Waals surface area contributed by atoms with Gasteiger partial charge in [0.1, 0.15) is 6.10 Å². The van der Waals surface area contributed by atoms with Crippen molar-refractivity contribution in [3.63, 3.8) is 0 Å². The van der Waals surface area contributed by atoms with Gasteiger partial charge in [-0.2, -0.15) is 0 Å². The first-order valence-electron chi connectivity index (χ1n) is 10.8. The average Bonchev–Trinajstić information content (AvgIpc) is 2.97. The molecule has 0 bridgehead atoms. The third-order valence-corrected chi connectivity index (χ3v) is 8.54. The Morgan fingerprint density at radius 1 is 1.07 bits per heavy atom. The van der Waals surface area contributed by atoms with Crippen molar-refractivity contribution >= 4 is 17.7 Å². The molecule has 0 aromatic rings. The number of hydrogen-bond acceptors (Lipinski definition) is 5. The fraction of sp³-hybridized carbons (Fsp3) is 0.783. The molecule has 0 spiro atoms. The van der Waals surface area contributed by atoms with Gasteiger partial charge in [-0.1, -0.05) is 19.4 Å². The SMILES string of the molecule is CC(=O)OCC(=O)O[C@H]1CC[C@H]2[C@@H]3CCC4=CC(=O)CC[C@]4(C)[C@H]3CC[C@]12C. The summed E-state index contributed by atoms with van der Waals surface area (Å²) < 4.78 is 10.6. The Labute approximate surface area is 167 Å². The lowest BCUT2D eigenvalue weighted by Gasteiger charge is -2.57. The average molecular weight is 389 g/mol. The second-order valence-corrected chi connectivity index (χ2v) is 9.85. The van der Waals surface area contributed by atoms with Gasteiger partial charge in [0.15, 0.2) is 12.4 Å². The fourth-order valence-corrected chi connectivity index (χ4v) is 7.06. The molecule has 4 rings (SSSR count). The molecule has 0 aliphatic heterocycles. The number of ketones is 1. The molecule has 5 heteroatoms. The summed E-state index contributed by atoms with van der Waals surface area (Å²) in [4.78, 5) is 35.0. The van der Waals surface area contributed by atoms with Gasteiger partial charge < -0.3 is 9.47 Å². The maximum absolute atomic E-state index is 12.1. The van der Waals surface area contributed by atoms with Crippen molar-refractivity contribution < 1.29 is 23.9 Å². The van der Waals surface area contributed by atoms with Crippen LogP contribution in [0.4, 0.5) is 0 Å². The van der Waals surface area contributed by atoms with E-state index in [0.29, 0.717) is 30.0 Å². The highest BCUT2D eigenvalue weighted by Gasteiger charge is 2.59. The van der Waals surface area contributed by atoms with Crippen LogP contribution in [0, 0.1) is 28.6 Å². The summed E-state index contributed by atoms with van der Waals surface area (Å²) in [6.45, 7) is 5.69. The number of esters is 2. The smallest absolute Gasteiger partial charge is 0.344 e. The zero-order chi connectivity index (χ0) is 20.1. The minimum absolute atomic E-state index is 0.00904. The Balaban J connectivity index is 1.49. The van der Waals surface area contributed by atoms with Gasteiger partial charge in [0.2, 0.25) is 0 Å². The molecule has 0 radical (unpaired) electrons. The van der Waals surface area contributed by atoms with E-state index in [9.17, 15) is 14.4 Å². The minimum atomic E-state index is -0.460. The topological polar surface area (TPSA) is 69.7 Å². The van der Waals surface area contributed by atoms with Crippen LogP contribution in [0.5, 0.6) is 0 Å². The van der Waals surface area contributed by atoms with Gasteiger partial charge in [0.05, 0.1) is 0 Å². The normalized spacial score (nSPS) is 42.0. The molecule has 6 atom stereocenters. The quantitative estimate of drug-likeness (QED) is 0.684. The number of carbonyl (C=O) groups is 3. The largest absolute Gasteiger partial charge is 0.459 e. The maximum Gasteiger partial charge on any atom is 0.344 e. The molecule has 0 heterocycles. The van der Waals surface area contributed by atoms with Gasteiger partial charge >= 0.3 is 11.9 Å². The molecule has 4 aliphatic rings. The van der Waals surface area contributed by atoms with Crippen molar-refractivity contribution in [1.82, 2.24) is 0 Å². The van der Waals surface area contributed by atoms with E-state index in [1.807, 2.05) is 6.08 Å². The number of rotatable bonds is 3. The first kappa shape index (κ1) is 19.7. The van der Waals surface area contributed by atoms with Gasteiger partial charge in [-0.3, -0.25) is 9.59 Å². The predicted molar refractivity (Wildman–Crippen MR) is 103 cm³/mol. The van der Waals surface area contributed by atoms with Gasteiger partial charge in [-0.05, 0) is 74.2 Å². The van der Waals surface area contributed by atoms with Gasteiger partial charge in [0.25, 0.3) is 0 Å². The van der Waals surface area contributed by atoms with Crippen molar-refractivity contribution in [3.8, 4) is 0 Å². The van der Waals surface area contributed by atoms with E-state index in [4.69, 9.17) is 9.47 Å². The summed E-state index contributed by atoms with van der Waals surface area (Å²) in [5.41, 5.74) is 1.56. The van der Waals surface area contributed by atoms with E-state index in [2.05, 4.69) is 13.8 Å². The molecule has 4 aliphatic carbocycles. The lowest BCUT2D eigenvalue weighted by molar-refractivity contribution is -0.169. The standard InChI is InChI=1S/C23H32O5/c1-14(24)27-13-21(26)28-20-7-6-18-17-5-4-15-12-16(25)8-10-22(15,2)19(17)9-11-23(18,20)3/h12,17-20H,4-11,13H2,1-3H3/t17-,18-,19-,20-,22-,23-/m0/s1. The molecule has 28 heavy (non-hydrogen) atoms. The zero-order valence-corrected chi connectivity index (χ0v) is 17.3. The molecular formula is C23H32O5. The molecular weight excluding hydrogens is 356 g/mol. The summed E-state index contributed by atoms with van der Waals surface area (Å²) >= 11 is 0. The molecule has 154 valence electrons. The molecule has 0 aromatic heterocycles. The summed E-state index contributed by atoms with van der Waals surface area (Å²) in [5.74, 6) is 1.25. The van der Waals surface area contributed by atoms with Crippen LogP contribution in [-0.4, -0.2) is 30.4 Å². The molecule has 0 aromatic carbocycles. The van der Waals surface area contributed by atoms with Crippen molar-refractivity contribution in [1.29, 1.82) is 0 Å². The summed E-state index contributed by atoms with van der Waals surface area (Å²) in [6, 6.07) is 0. The fourth-order valence-electron chi connectivity index (χ4n) is 7.06. The molecule has 0 amide bonds. The number of fused-ring (bicyclic) bond motifs is 5. The lowest BCUT2D eigenvalue weighted by atomic mass is 9.47. The minimum Gasteiger partial charge on any atom is -0.459 e. The highest BCUT2D eigenvalue weighted by Crippen LogP contribution is 2.65. The van der Waals surface area contributed by atoms with Gasteiger partial charge in [-0.15, -0.1) is 0 Å². The van der Waals surface area contributed by atoms with Crippen molar-refractivity contribution in [2.45, 2.75) is 78.2 Å². The van der Waals surface area contributed by atoms with Crippen LogP contribution in [0.3, 0.4) is 0 Å². The van der Waals surface area contributed by atoms with Crippen LogP contribution in [0.15, 0.2) is 11.6 Å². The Hall–Kier alpha value is -1.65. The highest BCUT2D eigenvalue weighted by molar-refractivity contribution is 5.91.